The summed E-state index contributed by atoms with van der Waals surface area (Å²) in [5.74, 6) is -0.441. The van der Waals surface area contributed by atoms with Gasteiger partial charge in [-0.05, 0) is 48.9 Å². The molecule has 0 saturated heterocycles. The van der Waals surface area contributed by atoms with Crippen LogP contribution in [0.1, 0.15) is 28.9 Å². The number of nitrogens with one attached hydrogen (secondary N) is 2. The van der Waals surface area contributed by atoms with Crippen molar-refractivity contribution in [1.29, 1.82) is 0 Å². The number of ketones is 1. The van der Waals surface area contributed by atoms with E-state index in [4.69, 9.17) is 0 Å². The van der Waals surface area contributed by atoms with Crippen molar-refractivity contribution < 1.29 is 19.1 Å². The molecule has 0 fully saturated rings. The fraction of sp³-hybridized carbons (Fsp3) is 0.176. The zero-order valence-electron chi connectivity index (χ0n) is 12.5. The molecule has 0 aliphatic rings. The van der Waals surface area contributed by atoms with Crippen LogP contribution in [-0.4, -0.2) is 23.5 Å². The van der Waals surface area contributed by atoms with Crippen molar-refractivity contribution in [2.24, 2.45) is 0 Å². The molecule has 120 valence electrons. The summed E-state index contributed by atoms with van der Waals surface area (Å²) in [7, 11) is 0. The van der Waals surface area contributed by atoms with Gasteiger partial charge in [0.25, 0.3) is 0 Å². The van der Waals surface area contributed by atoms with E-state index in [-0.39, 0.29) is 18.1 Å². The highest BCUT2D eigenvalue weighted by Crippen LogP contribution is 2.13. The summed E-state index contributed by atoms with van der Waals surface area (Å²) < 4.78 is 12.8. The van der Waals surface area contributed by atoms with Gasteiger partial charge >= 0.3 is 6.03 Å². The largest absolute Gasteiger partial charge is 0.387 e. The maximum Gasteiger partial charge on any atom is 0.319 e. The Morgan fingerprint density at radius 3 is 2.26 bits per heavy atom. The molecule has 1 unspecified atom stereocenters. The van der Waals surface area contributed by atoms with E-state index in [0.29, 0.717) is 16.8 Å². The van der Waals surface area contributed by atoms with Gasteiger partial charge in [-0.2, -0.15) is 0 Å². The molecule has 0 aromatic heterocycles. The van der Waals surface area contributed by atoms with Crippen LogP contribution in [0.2, 0.25) is 0 Å². The SMILES string of the molecule is CC(=O)c1ccc(NC(=O)NCC(O)c2ccc(F)cc2)cc1. The van der Waals surface area contributed by atoms with Crippen LogP contribution in [0.5, 0.6) is 0 Å². The number of rotatable bonds is 5. The van der Waals surface area contributed by atoms with E-state index in [1.807, 2.05) is 0 Å². The molecular weight excluding hydrogens is 299 g/mol. The second-order valence-corrected chi connectivity index (χ2v) is 5.04. The predicted octanol–water partition coefficient (Wildman–Crippen LogP) is 2.88. The molecule has 3 N–H and O–H groups in total. The van der Waals surface area contributed by atoms with E-state index in [1.54, 1.807) is 24.3 Å². The van der Waals surface area contributed by atoms with Crippen molar-refractivity contribution in [2.75, 3.05) is 11.9 Å². The first kappa shape index (κ1) is 16.6. The molecule has 5 nitrogen and oxygen atoms in total. The molecule has 2 amide bonds. The highest BCUT2D eigenvalue weighted by Gasteiger charge is 2.10. The summed E-state index contributed by atoms with van der Waals surface area (Å²) >= 11 is 0. The average Bonchev–Trinajstić information content (AvgIpc) is 2.54. The van der Waals surface area contributed by atoms with Crippen molar-refractivity contribution >= 4 is 17.5 Å². The zero-order chi connectivity index (χ0) is 16.8. The summed E-state index contributed by atoms with van der Waals surface area (Å²) in [6.45, 7) is 1.45. The Balaban J connectivity index is 1.84. The van der Waals surface area contributed by atoms with Crippen LogP contribution >= 0.6 is 0 Å². The molecule has 0 bridgehead atoms. The Hall–Kier alpha value is -2.73. The number of anilines is 1. The van der Waals surface area contributed by atoms with Gasteiger partial charge in [-0.1, -0.05) is 12.1 Å². The van der Waals surface area contributed by atoms with E-state index in [1.165, 1.54) is 31.2 Å². The lowest BCUT2D eigenvalue weighted by Crippen LogP contribution is -2.32. The maximum absolute atomic E-state index is 12.8. The minimum absolute atomic E-state index is 0.0109. The summed E-state index contributed by atoms with van der Waals surface area (Å²) in [5, 5.41) is 15.0. The monoisotopic (exact) mass is 316 g/mol. The molecular formula is C17H17FN2O3. The number of urea groups is 1. The highest BCUT2D eigenvalue weighted by atomic mass is 19.1. The molecule has 2 aromatic carbocycles. The van der Waals surface area contributed by atoms with E-state index < -0.39 is 12.1 Å². The van der Waals surface area contributed by atoms with Crippen molar-refractivity contribution in [3.05, 3.63) is 65.5 Å². The Morgan fingerprint density at radius 1 is 1.09 bits per heavy atom. The quantitative estimate of drug-likeness (QED) is 0.742. The number of halogens is 1. The summed E-state index contributed by atoms with van der Waals surface area (Å²) in [4.78, 5) is 22.9. The molecule has 0 saturated carbocycles. The fourth-order valence-electron chi connectivity index (χ4n) is 1.96. The molecule has 2 rings (SSSR count). The summed E-state index contributed by atoms with van der Waals surface area (Å²) in [6, 6.07) is 11.4. The first-order chi connectivity index (χ1) is 11.0. The van der Waals surface area contributed by atoms with Crippen LogP contribution in [0.15, 0.2) is 48.5 Å². The Bertz CT molecular complexity index is 684. The minimum atomic E-state index is -0.929. The molecule has 23 heavy (non-hydrogen) atoms. The van der Waals surface area contributed by atoms with Gasteiger partial charge in [-0.3, -0.25) is 4.79 Å². The third-order valence-electron chi connectivity index (χ3n) is 3.26. The Morgan fingerprint density at radius 2 is 1.70 bits per heavy atom. The molecule has 0 aliphatic carbocycles. The van der Waals surface area contributed by atoms with Gasteiger partial charge in [-0.25, -0.2) is 9.18 Å². The molecule has 2 aromatic rings. The number of Topliss-reactive ketones (excluding diaryl/α,β-unsaturated/α-hetero) is 1. The number of hydrogen-bond donors (Lipinski definition) is 3. The number of hydrogen-bond acceptors (Lipinski definition) is 3. The second-order valence-electron chi connectivity index (χ2n) is 5.04. The first-order valence-electron chi connectivity index (χ1n) is 7.05. The van der Waals surface area contributed by atoms with Gasteiger partial charge < -0.3 is 15.7 Å². The lowest BCUT2D eigenvalue weighted by Gasteiger charge is -2.13. The van der Waals surface area contributed by atoms with Crippen LogP contribution < -0.4 is 10.6 Å². The topological polar surface area (TPSA) is 78.4 Å². The Kier molecular flexibility index (Phi) is 5.43. The van der Waals surface area contributed by atoms with Crippen LogP contribution in [0.3, 0.4) is 0 Å². The van der Waals surface area contributed by atoms with E-state index in [2.05, 4.69) is 10.6 Å². The lowest BCUT2D eigenvalue weighted by molar-refractivity contribution is 0.101. The summed E-state index contributed by atoms with van der Waals surface area (Å²) in [6.07, 6.45) is -0.929. The van der Waals surface area contributed by atoms with E-state index in [9.17, 15) is 19.1 Å². The smallest absolute Gasteiger partial charge is 0.319 e. The fourth-order valence-corrected chi connectivity index (χ4v) is 1.96. The second kappa shape index (κ2) is 7.51. The minimum Gasteiger partial charge on any atom is -0.387 e. The molecule has 0 radical (unpaired) electrons. The molecule has 6 heteroatoms. The molecule has 0 aliphatic heterocycles. The maximum atomic E-state index is 12.8. The van der Waals surface area contributed by atoms with E-state index in [0.717, 1.165) is 0 Å². The first-order valence-corrected chi connectivity index (χ1v) is 7.05. The predicted molar refractivity (Wildman–Crippen MR) is 84.8 cm³/mol. The van der Waals surface area contributed by atoms with Gasteiger partial charge in [0.05, 0.1) is 6.10 Å². The number of carbonyl (C=O) groups excluding carboxylic acids is 2. The van der Waals surface area contributed by atoms with Crippen LogP contribution in [0.4, 0.5) is 14.9 Å². The molecule has 0 spiro atoms. The van der Waals surface area contributed by atoms with Gasteiger partial charge in [0, 0.05) is 17.8 Å². The van der Waals surface area contributed by atoms with Crippen LogP contribution in [-0.2, 0) is 0 Å². The Labute approximate surface area is 133 Å². The van der Waals surface area contributed by atoms with Crippen molar-refractivity contribution in [3.8, 4) is 0 Å². The molecule has 1 atom stereocenters. The normalized spacial score (nSPS) is 11.6. The zero-order valence-corrected chi connectivity index (χ0v) is 12.5. The number of benzene rings is 2. The highest BCUT2D eigenvalue weighted by molar-refractivity contribution is 5.95. The van der Waals surface area contributed by atoms with Crippen LogP contribution in [0, 0.1) is 5.82 Å². The third-order valence-corrected chi connectivity index (χ3v) is 3.26. The van der Waals surface area contributed by atoms with Crippen molar-refractivity contribution in [3.63, 3.8) is 0 Å². The third kappa shape index (κ3) is 4.89. The number of carbonyl (C=O) groups is 2. The average molecular weight is 316 g/mol. The van der Waals surface area contributed by atoms with Crippen LogP contribution in [0.25, 0.3) is 0 Å². The number of aliphatic hydroxyl groups is 1. The number of aliphatic hydroxyl groups excluding tert-OH is 1. The number of amides is 2. The van der Waals surface area contributed by atoms with Gasteiger partial charge in [0.1, 0.15) is 5.82 Å². The summed E-state index contributed by atoms with van der Waals surface area (Å²) in [5.41, 5.74) is 1.60. The van der Waals surface area contributed by atoms with E-state index >= 15 is 0 Å². The van der Waals surface area contributed by atoms with Gasteiger partial charge in [0.15, 0.2) is 5.78 Å². The van der Waals surface area contributed by atoms with Gasteiger partial charge in [0.2, 0.25) is 0 Å². The lowest BCUT2D eigenvalue weighted by atomic mass is 10.1. The van der Waals surface area contributed by atoms with Gasteiger partial charge in [-0.15, -0.1) is 0 Å². The van der Waals surface area contributed by atoms with Crippen molar-refractivity contribution in [2.45, 2.75) is 13.0 Å². The van der Waals surface area contributed by atoms with Crippen molar-refractivity contribution in [1.82, 2.24) is 5.32 Å². The molecule has 0 heterocycles. The standard InChI is InChI=1S/C17H17FN2O3/c1-11(21)12-4-8-15(9-5-12)20-17(23)19-10-16(22)13-2-6-14(18)7-3-13/h2-9,16,22H,10H2,1H3,(H2,19,20,23).